The van der Waals surface area contributed by atoms with Gasteiger partial charge in [-0.05, 0) is 61.9 Å². The van der Waals surface area contributed by atoms with Crippen molar-refractivity contribution in [3.63, 3.8) is 0 Å². The van der Waals surface area contributed by atoms with Gasteiger partial charge in [-0.15, -0.1) is 0 Å². The summed E-state index contributed by atoms with van der Waals surface area (Å²) >= 11 is 1.74. The van der Waals surface area contributed by atoms with Crippen molar-refractivity contribution in [2.45, 2.75) is 18.7 Å². The van der Waals surface area contributed by atoms with E-state index in [0.717, 1.165) is 48.9 Å². The number of rotatable bonds is 8. The van der Waals surface area contributed by atoms with Gasteiger partial charge in [-0.3, -0.25) is 14.4 Å². The van der Waals surface area contributed by atoms with Gasteiger partial charge in [-0.2, -0.15) is 0 Å². The Morgan fingerprint density at radius 3 is 2.45 bits per heavy atom. The van der Waals surface area contributed by atoms with E-state index in [1.165, 1.54) is 10.3 Å². The van der Waals surface area contributed by atoms with Gasteiger partial charge in [0.15, 0.2) is 5.13 Å². The molecule has 1 fully saturated rings. The van der Waals surface area contributed by atoms with E-state index in [1.807, 2.05) is 6.92 Å². The molecule has 4 aromatic rings. The van der Waals surface area contributed by atoms with Crippen LogP contribution in [0, 0.1) is 13.8 Å². The van der Waals surface area contributed by atoms with Crippen molar-refractivity contribution in [2.24, 2.45) is 0 Å². The molecule has 5 rings (SSSR count). The van der Waals surface area contributed by atoms with Crippen molar-refractivity contribution in [3.8, 4) is 0 Å². The smallest absolute Gasteiger partial charge is 0.261 e. The third kappa shape index (κ3) is 6.15. The monoisotopic (exact) mass is 549 g/mol. The number of benzene rings is 3. The number of carbonyl (C=O) groups excluding carboxylic acids is 1. The van der Waals surface area contributed by atoms with Crippen LogP contribution in [-0.4, -0.2) is 63.5 Å². The topological polar surface area (TPSA) is 94.6 Å². The van der Waals surface area contributed by atoms with E-state index in [0.29, 0.717) is 17.8 Å². The lowest BCUT2D eigenvalue weighted by Crippen LogP contribution is -2.48. The van der Waals surface area contributed by atoms with E-state index < -0.39 is 10.0 Å². The molecule has 198 valence electrons. The van der Waals surface area contributed by atoms with Crippen molar-refractivity contribution in [3.05, 3.63) is 83.4 Å². The fourth-order valence-electron chi connectivity index (χ4n) is 4.40. The van der Waals surface area contributed by atoms with Gasteiger partial charge in [-0.1, -0.05) is 41.2 Å². The number of hydrogen-bond acceptors (Lipinski definition) is 7. The molecule has 0 bridgehead atoms. The highest BCUT2D eigenvalue weighted by molar-refractivity contribution is 7.92. The molecule has 0 spiro atoms. The van der Waals surface area contributed by atoms with Gasteiger partial charge in [-0.25, -0.2) is 13.4 Å². The van der Waals surface area contributed by atoms with Crippen molar-refractivity contribution in [1.82, 2.24) is 15.2 Å². The number of thiazole rings is 1. The number of amides is 1. The summed E-state index contributed by atoms with van der Waals surface area (Å²) < 4.78 is 29.2. The number of aromatic nitrogens is 1. The van der Waals surface area contributed by atoms with Gasteiger partial charge in [0.25, 0.3) is 15.9 Å². The van der Waals surface area contributed by atoms with Crippen LogP contribution < -0.4 is 14.9 Å². The Bertz CT molecular complexity index is 1540. The van der Waals surface area contributed by atoms with E-state index in [2.05, 4.69) is 45.0 Å². The molecule has 0 radical (unpaired) electrons. The predicted octanol–water partition coefficient (Wildman–Crippen LogP) is 4.27. The van der Waals surface area contributed by atoms with Gasteiger partial charge in [0.05, 0.1) is 15.1 Å². The van der Waals surface area contributed by atoms with Crippen LogP contribution >= 0.6 is 11.3 Å². The standard InChI is InChI=1S/C28H31N5O3S2/c1-20-6-9-24(10-7-20)38(35,36)31-23-5-3-4-22(19-23)27(34)29-12-13-32-14-16-33(17-15-32)28-30-25-11-8-21(2)18-26(25)37-28/h3-11,18-19,31H,12-17H2,1-2H3,(H,29,34). The molecule has 38 heavy (non-hydrogen) atoms. The van der Waals surface area contributed by atoms with E-state index in [1.54, 1.807) is 59.9 Å². The van der Waals surface area contributed by atoms with E-state index >= 15 is 0 Å². The Labute approximate surface area is 227 Å². The van der Waals surface area contributed by atoms with Crippen LogP contribution in [0.1, 0.15) is 21.5 Å². The molecule has 1 amide bonds. The highest BCUT2D eigenvalue weighted by Gasteiger charge is 2.20. The first-order chi connectivity index (χ1) is 18.3. The number of hydrogen-bond donors (Lipinski definition) is 2. The van der Waals surface area contributed by atoms with Gasteiger partial charge in [0.2, 0.25) is 0 Å². The van der Waals surface area contributed by atoms with Crippen molar-refractivity contribution in [2.75, 3.05) is 48.9 Å². The van der Waals surface area contributed by atoms with Crippen molar-refractivity contribution in [1.29, 1.82) is 0 Å². The second-order valence-corrected chi connectivity index (χ2v) is 12.2. The third-order valence-corrected chi connectivity index (χ3v) is 9.07. The molecule has 0 saturated carbocycles. The second kappa shape index (κ2) is 11.1. The number of piperazine rings is 1. The lowest BCUT2D eigenvalue weighted by atomic mass is 10.2. The fraction of sp³-hybridized carbons (Fsp3) is 0.286. The second-order valence-electron chi connectivity index (χ2n) is 9.55. The molecule has 0 atom stereocenters. The summed E-state index contributed by atoms with van der Waals surface area (Å²) in [5.41, 5.74) is 4.03. The highest BCUT2D eigenvalue weighted by Crippen LogP contribution is 2.30. The number of nitrogens with zero attached hydrogens (tertiary/aromatic N) is 3. The average Bonchev–Trinajstić information content (AvgIpc) is 3.32. The summed E-state index contributed by atoms with van der Waals surface area (Å²) in [5.74, 6) is -0.232. The van der Waals surface area contributed by atoms with Gasteiger partial charge in [0, 0.05) is 50.5 Å². The zero-order valence-corrected chi connectivity index (χ0v) is 23.1. The molecule has 1 saturated heterocycles. The highest BCUT2D eigenvalue weighted by atomic mass is 32.2. The minimum Gasteiger partial charge on any atom is -0.351 e. The summed E-state index contributed by atoms with van der Waals surface area (Å²) in [6, 6.07) is 19.5. The summed E-state index contributed by atoms with van der Waals surface area (Å²) in [4.78, 5) is 22.4. The maximum Gasteiger partial charge on any atom is 0.261 e. The van der Waals surface area contributed by atoms with E-state index in [9.17, 15) is 13.2 Å². The van der Waals surface area contributed by atoms with Crippen LogP contribution in [0.3, 0.4) is 0 Å². The van der Waals surface area contributed by atoms with Gasteiger partial charge < -0.3 is 10.2 Å². The van der Waals surface area contributed by atoms with E-state index in [4.69, 9.17) is 4.98 Å². The van der Waals surface area contributed by atoms with Gasteiger partial charge in [0.1, 0.15) is 0 Å². The summed E-state index contributed by atoms with van der Waals surface area (Å²) in [7, 11) is -3.73. The Hall–Kier alpha value is -3.47. The molecule has 0 unspecified atom stereocenters. The van der Waals surface area contributed by atoms with Crippen LogP contribution in [0.15, 0.2) is 71.6 Å². The molecule has 0 aliphatic carbocycles. The minimum atomic E-state index is -3.73. The number of carbonyl (C=O) groups is 1. The number of fused-ring (bicyclic) bond motifs is 1. The Morgan fingerprint density at radius 2 is 1.68 bits per heavy atom. The zero-order valence-electron chi connectivity index (χ0n) is 21.5. The maximum atomic E-state index is 12.7. The maximum absolute atomic E-state index is 12.7. The molecule has 1 aliphatic heterocycles. The van der Waals surface area contributed by atoms with Crippen LogP contribution in [0.5, 0.6) is 0 Å². The normalized spacial score (nSPS) is 14.5. The summed E-state index contributed by atoms with van der Waals surface area (Å²) in [5, 5.41) is 4.02. The van der Waals surface area contributed by atoms with Crippen LogP contribution in [0.4, 0.5) is 10.8 Å². The lowest BCUT2D eigenvalue weighted by Gasteiger charge is -2.34. The third-order valence-electron chi connectivity index (χ3n) is 6.60. The quantitative estimate of drug-likeness (QED) is 0.341. The number of anilines is 2. The Morgan fingerprint density at radius 1 is 0.947 bits per heavy atom. The fourth-order valence-corrected chi connectivity index (χ4v) is 6.57. The Balaban J connectivity index is 1.10. The molecule has 2 N–H and O–H groups in total. The molecule has 1 aliphatic rings. The predicted molar refractivity (Wildman–Crippen MR) is 154 cm³/mol. The SMILES string of the molecule is Cc1ccc(S(=O)(=O)Nc2cccc(C(=O)NCCN3CCN(c4nc5ccc(C)cc5s4)CC3)c2)cc1. The number of aryl methyl sites for hydroxylation is 2. The first-order valence-corrected chi connectivity index (χ1v) is 14.9. The molecule has 2 heterocycles. The summed E-state index contributed by atoms with van der Waals surface area (Å²) in [6.45, 7) is 8.86. The average molecular weight is 550 g/mol. The van der Waals surface area contributed by atoms with Crippen LogP contribution in [-0.2, 0) is 10.0 Å². The van der Waals surface area contributed by atoms with Crippen molar-refractivity contribution < 1.29 is 13.2 Å². The Kier molecular flexibility index (Phi) is 7.64. The van der Waals surface area contributed by atoms with Gasteiger partial charge >= 0.3 is 0 Å². The molecule has 10 heteroatoms. The zero-order chi connectivity index (χ0) is 26.7. The molecule has 1 aromatic heterocycles. The van der Waals surface area contributed by atoms with Crippen LogP contribution in [0.25, 0.3) is 10.2 Å². The largest absolute Gasteiger partial charge is 0.351 e. The first kappa shape index (κ1) is 26.1. The molecule has 8 nitrogen and oxygen atoms in total. The first-order valence-electron chi connectivity index (χ1n) is 12.6. The van der Waals surface area contributed by atoms with Crippen LogP contribution in [0.2, 0.25) is 0 Å². The lowest BCUT2D eigenvalue weighted by molar-refractivity contribution is 0.0948. The number of nitrogens with one attached hydrogen (secondary N) is 2. The molecule has 3 aromatic carbocycles. The molecular weight excluding hydrogens is 518 g/mol. The van der Waals surface area contributed by atoms with E-state index in [-0.39, 0.29) is 10.8 Å². The number of sulfonamides is 1. The molecular formula is C28H31N5O3S2. The van der Waals surface area contributed by atoms with Crippen molar-refractivity contribution >= 4 is 48.3 Å². The summed E-state index contributed by atoms with van der Waals surface area (Å²) in [6.07, 6.45) is 0. The minimum absolute atomic E-state index is 0.177.